The molecular weight excluding hydrogens is 759 g/mol. The van der Waals surface area contributed by atoms with E-state index in [9.17, 15) is 0 Å². The van der Waals surface area contributed by atoms with E-state index in [1.165, 1.54) is 16.3 Å². The molecule has 7 heteroatoms. The first-order valence-electron chi connectivity index (χ1n) is 20.7. The van der Waals surface area contributed by atoms with Crippen molar-refractivity contribution in [2.45, 2.75) is 0 Å². The Balaban J connectivity index is 0.915. The second-order valence-corrected chi connectivity index (χ2v) is 15.4. The maximum atomic E-state index is 5.00. The summed E-state index contributed by atoms with van der Waals surface area (Å²) in [6.45, 7) is 0. The second-order valence-electron chi connectivity index (χ2n) is 15.4. The SMILES string of the molecule is c1ccc(-c2nc(-c3ccccc3)nc(-c3cccc(-c4ccc5c(c4)c4ccccc4n5-c4ncc(-c5ccc6c(c5)c5ccccc5n6-c5ccccc5)cn4)c3)n2)cc1. The van der Waals surface area contributed by atoms with Gasteiger partial charge in [-0.25, -0.2) is 24.9 Å². The molecule has 12 rings (SSSR count). The molecule has 0 aliphatic carbocycles. The second kappa shape index (κ2) is 14.6. The van der Waals surface area contributed by atoms with Crippen LogP contribution in [0.3, 0.4) is 0 Å². The van der Waals surface area contributed by atoms with Gasteiger partial charge in [0.15, 0.2) is 17.5 Å². The summed E-state index contributed by atoms with van der Waals surface area (Å²) in [6.07, 6.45) is 3.88. The summed E-state index contributed by atoms with van der Waals surface area (Å²) >= 11 is 0. The topological polar surface area (TPSA) is 74.3 Å². The minimum absolute atomic E-state index is 0.620. The van der Waals surface area contributed by atoms with Crippen LogP contribution in [0.15, 0.2) is 213 Å². The molecule has 0 aliphatic rings. The predicted octanol–water partition coefficient (Wildman–Crippen LogP) is 13.2. The normalized spacial score (nSPS) is 11.5. The quantitative estimate of drug-likeness (QED) is 0.161. The van der Waals surface area contributed by atoms with Crippen LogP contribution in [0.5, 0.6) is 0 Å². The molecular formula is C55H35N7. The van der Waals surface area contributed by atoms with E-state index in [0.29, 0.717) is 23.4 Å². The number of para-hydroxylation sites is 3. The van der Waals surface area contributed by atoms with Crippen molar-refractivity contribution in [1.82, 2.24) is 34.1 Å². The van der Waals surface area contributed by atoms with Gasteiger partial charge in [0, 0.05) is 61.9 Å². The van der Waals surface area contributed by atoms with E-state index in [4.69, 9.17) is 24.9 Å². The highest BCUT2D eigenvalue weighted by atomic mass is 15.1. The van der Waals surface area contributed by atoms with Crippen LogP contribution in [-0.4, -0.2) is 34.1 Å². The predicted molar refractivity (Wildman–Crippen MR) is 251 cm³/mol. The van der Waals surface area contributed by atoms with Gasteiger partial charge in [-0.2, -0.15) is 0 Å². The standard InChI is InChI=1S/C55H35N7/c1-4-15-36(16-5-1)52-58-53(37-17-6-2-7-18-37)60-54(59-52)41-20-14-19-38(31-41)39-27-30-51-47(32-39)45-24-11-13-26-49(45)62(51)55-56-34-42(35-57-55)40-28-29-50-46(33-40)44-23-10-12-25-48(44)61(50)43-21-8-3-9-22-43/h1-35H. The Morgan fingerprint density at radius 1 is 0.274 bits per heavy atom. The molecule has 0 saturated heterocycles. The van der Waals surface area contributed by atoms with Crippen LogP contribution in [0.25, 0.3) is 112 Å². The van der Waals surface area contributed by atoms with E-state index in [2.05, 4.69) is 149 Å². The molecule has 12 aromatic rings. The van der Waals surface area contributed by atoms with Crippen LogP contribution in [0.4, 0.5) is 0 Å². The van der Waals surface area contributed by atoms with Gasteiger partial charge in [-0.1, -0.05) is 146 Å². The van der Waals surface area contributed by atoms with E-state index in [0.717, 1.165) is 72.0 Å². The number of benzene rings is 8. The summed E-state index contributed by atoms with van der Waals surface area (Å²) < 4.78 is 4.49. The molecule has 7 nitrogen and oxygen atoms in total. The van der Waals surface area contributed by atoms with Crippen LogP contribution >= 0.6 is 0 Å². The van der Waals surface area contributed by atoms with Crippen molar-refractivity contribution in [3.63, 3.8) is 0 Å². The average Bonchev–Trinajstić information content (AvgIpc) is 3.87. The molecule has 0 unspecified atom stereocenters. The van der Waals surface area contributed by atoms with E-state index in [1.54, 1.807) is 0 Å². The minimum atomic E-state index is 0.620. The lowest BCUT2D eigenvalue weighted by Gasteiger charge is -2.10. The molecule has 290 valence electrons. The van der Waals surface area contributed by atoms with Crippen molar-refractivity contribution in [3.05, 3.63) is 213 Å². The molecule has 0 fully saturated rings. The van der Waals surface area contributed by atoms with E-state index in [-0.39, 0.29) is 0 Å². The Morgan fingerprint density at radius 3 is 1.29 bits per heavy atom. The fraction of sp³-hybridized carbons (Fsp3) is 0. The van der Waals surface area contributed by atoms with Crippen LogP contribution in [0.1, 0.15) is 0 Å². The fourth-order valence-electron chi connectivity index (χ4n) is 8.74. The Labute approximate surface area is 356 Å². The van der Waals surface area contributed by atoms with E-state index >= 15 is 0 Å². The van der Waals surface area contributed by atoms with Crippen molar-refractivity contribution in [2.24, 2.45) is 0 Å². The van der Waals surface area contributed by atoms with Crippen molar-refractivity contribution in [1.29, 1.82) is 0 Å². The summed E-state index contributed by atoms with van der Waals surface area (Å²) in [4.78, 5) is 24.9. The molecule has 0 bridgehead atoms. The highest BCUT2D eigenvalue weighted by molar-refractivity contribution is 6.11. The third-order valence-corrected chi connectivity index (χ3v) is 11.7. The minimum Gasteiger partial charge on any atom is -0.309 e. The molecule has 62 heavy (non-hydrogen) atoms. The monoisotopic (exact) mass is 793 g/mol. The maximum Gasteiger partial charge on any atom is 0.234 e. The molecule has 4 aromatic heterocycles. The van der Waals surface area contributed by atoms with Gasteiger partial charge < -0.3 is 4.57 Å². The van der Waals surface area contributed by atoms with Crippen molar-refractivity contribution >= 4 is 43.6 Å². The fourth-order valence-corrected chi connectivity index (χ4v) is 8.74. The average molecular weight is 794 g/mol. The number of rotatable bonds is 7. The first-order valence-corrected chi connectivity index (χ1v) is 20.7. The van der Waals surface area contributed by atoms with Gasteiger partial charge in [-0.3, -0.25) is 4.57 Å². The largest absolute Gasteiger partial charge is 0.309 e. The maximum absolute atomic E-state index is 5.00. The highest BCUT2D eigenvalue weighted by Gasteiger charge is 2.18. The molecule has 8 aromatic carbocycles. The van der Waals surface area contributed by atoms with Gasteiger partial charge in [0.1, 0.15) is 0 Å². The van der Waals surface area contributed by atoms with Gasteiger partial charge in [-0.05, 0) is 71.3 Å². The van der Waals surface area contributed by atoms with Crippen molar-refractivity contribution in [2.75, 3.05) is 0 Å². The highest BCUT2D eigenvalue weighted by Crippen LogP contribution is 2.37. The van der Waals surface area contributed by atoms with Crippen LogP contribution in [0, 0.1) is 0 Å². The van der Waals surface area contributed by atoms with Crippen molar-refractivity contribution in [3.8, 4) is 68.1 Å². The summed E-state index contributed by atoms with van der Waals surface area (Å²) in [5.74, 6) is 2.52. The van der Waals surface area contributed by atoms with E-state index < -0.39 is 0 Å². The van der Waals surface area contributed by atoms with Crippen LogP contribution in [-0.2, 0) is 0 Å². The Bertz CT molecular complexity index is 3560. The molecule has 0 N–H and O–H groups in total. The number of hydrogen-bond donors (Lipinski definition) is 0. The zero-order valence-corrected chi connectivity index (χ0v) is 33.3. The van der Waals surface area contributed by atoms with Gasteiger partial charge in [0.2, 0.25) is 5.95 Å². The van der Waals surface area contributed by atoms with Gasteiger partial charge >= 0.3 is 0 Å². The third kappa shape index (κ3) is 6.02. The molecule has 0 radical (unpaired) electrons. The first kappa shape index (κ1) is 35.4. The summed E-state index contributed by atoms with van der Waals surface area (Å²) in [6, 6.07) is 69.4. The summed E-state index contributed by atoms with van der Waals surface area (Å²) in [5, 5.41) is 4.65. The van der Waals surface area contributed by atoms with E-state index in [1.807, 2.05) is 73.1 Å². The Hall–Kier alpha value is -8.55. The summed E-state index contributed by atoms with van der Waals surface area (Å²) in [7, 11) is 0. The first-order chi connectivity index (χ1) is 30.7. The van der Waals surface area contributed by atoms with Gasteiger partial charge in [0.05, 0.1) is 22.1 Å². The Kier molecular flexibility index (Phi) is 8.35. The smallest absolute Gasteiger partial charge is 0.234 e. The lowest BCUT2D eigenvalue weighted by atomic mass is 10.0. The van der Waals surface area contributed by atoms with Crippen molar-refractivity contribution < 1.29 is 0 Å². The Morgan fingerprint density at radius 2 is 0.694 bits per heavy atom. The number of aromatic nitrogens is 7. The lowest BCUT2D eigenvalue weighted by Crippen LogP contribution is -2.00. The molecule has 0 saturated carbocycles. The van der Waals surface area contributed by atoms with Gasteiger partial charge in [-0.15, -0.1) is 0 Å². The molecule has 0 amide bonds. The number of fused-ring (bicyclic) bond motifs is 6. The summed E-state index contributed by atoms with van der Waals surface area (Å²) in [5.41, 5.74) is 12.5. The molecule has 0 spiro atoms. The van der Waals surface area contributed by atoms with Crippen LogP contribution in [0.2, 0.25) is 0 Å². The lowest BCUT2D eigenvalue weighted by molar-refractivity contribution is 0.990. The van der Waals surface area contributed by atoms with Crippen LogP contribution < -0.4 is 0 Å². The molecule has 0 atom stereocenters. The molecule has 0 aliphatic heterocycles. The number of hydrogen-bond acceptors (Lipinski definition) is 5. The zero-order chi connectivity index (χ0) is 41.0. The number of nitrogens with zero attached hydrogens (tertiary/aromatic N) is 7. The molecule has 4 heterocycles. The van der Waals surface area contributed by atoms with Gasteiger partial charge in [0.25, 0.3) is 0 Å². The third-order valence-electron chi connectivity index (χ3n) is 11.7. The zero-order valence-electron chi connectivity index (χ0n) is 33.3.